The molecule has 0 fully saturated rings. The van der Waals surface area contributed by atoms with E-state index in [0.717, 1.165) is 0 Å². The van der Waals surface area contributed by atoms with Crippen LogP contribution in [0.4, 0.5) is 11.9 Å². The zero-order chi connectivity index (χ0) is 12.7. The molecule has 0 saturated carbocycles. The van der Waals surface area contributed by atoms with Crippen LogP contribution in [0.15, 0.2) is 24.3 Å². The van der Waals surface area contributed by atoms with Crippen molar-refractivity contribution in [2.24, 2.45) is 0 Å². The molecule has 90 valence electrons. The fraction of sp³-hybridized carbons (Fsp3) is 0.200. The fourth-order valence-corrected chi connectivity index (χ4v) is 0.950. The van der Waals surface area contributed by atoms with Gasteiger partial charge in [0.1, 0.15) is 0 Å². The molecule has 0 atom stereocenters. The third kappa shape index (κ3) is 4.74. The van der Waals surface area contributed by atoms with Gasteiger partial charge in [-0.2, -0.15) is 15.0 Å². The van der Waals surface area contributed by atoms with Gasteiger partial charge in [-0.1, -0.05) is 18.2 Å². The van der Waals surface area contributed by atoms with Crippen molar-refractivity contribution < 1.29 is 9.53 Å². The molecule has 0 aliphatic heterocycles. The van der Waals surface area contributed by atoms with Gasteiger partial charge in [0.15, 0.2) is 12.4 Å². The summed E-state index contributed by atoms with van der Waals surface area (Å²) in [4.78, 5) is 22.3. The molecule has 1 aromatic rings. The largest absolute Gasteiger partial charge is 0.454 e. The number of carbonyl (C=O) groups is 1. The SMILES string of the molecule is C/C=C/C=C/C(=O)OCc1nc(N)nc(N)n1. The number of esters is 1. The minimum atomic E-state index is -0.499. The lowest BCUT2D eigenvalue weighted by molar-refractivity contribution is -0.139. The van der Waals surface area contributed by atoms with E-state index < -0.39 is 5.97 Å². The number of nitrogens with zero attached hydrogens (tertiary/aromatic N) is 3. The molecule has 4 N–H and O–H groups in total. The molecule has 7 nitrogen and oxygen atoms in total. The Labute approximate surface area is 98.2 Å². The van der Waals surface area contributed by atoms with Crippen molar-refractivity contribution in [3.8, 4) is 0 Å². The molecule has 0 aliphatic rings. The summed E-state index contributed by atoms with van der Waals surface area (Å²) in [5, 5.41) is 0. The molecule has 0 bridgehead atoms. The van der Waals surface area contributed by atoms with Crippen LogP contribution in [0.2, 0.25) is 0 Å². The van der Waals surface area contributed by atoms with E-state index in [-0.39, 0.29) is 24.3 Å². The first kappa shape index (κ1) is 12.6. The number of aromatic nitrogens is 3. The average molecular weight is 235 g/mol. The van der Waals surface area contributed by atoms with Crippen molar-refractivity contribution >= 4 is 17.9 Å². The van der Waals surface area contributed by atoms with Crippen molar-refractivity contribution in [3.63, 3.8) is 0 Å². The lowest BCUT2D eigenvalue weighted by Gasteiger charge is -2.02. The highest BCUT2D eigenvalue weighted by Crippen LogP contribution is 2.00. The van der Waals surface area contributed by atoms with Crippen LogP contribution in [0.3, 0.4) is 0 Å². The lowest BCUT2D eigenvalue weighted by Crippen LogP contribution is -2.09. The summed E-state index contributed by atoms with van der Waals surface area (Å²) in [6.45, 7) is 1.74. The maximum absolute atomic E-state index is 11.2. The predicted octanol–water partition coefficient (Wildman–Crippen LogP) is 0.212. The van der Waals surface area contributed by atoms with E-state index in [1.54, 1.807) is 18.2 Å². The summed E-state index contributed by atoms with van der Waals surface area (Å²) in [6, 6.07) is 0. The van der Waals surface area contributed by atoms with E-state index in [4.69, 9.17) is 16.2 Å². The molecule has 0 unspecified atom stereocenters. The topological polar surface area (TPSA) is 117 Å². The Balaban J connectivity index is 2.52. The number of rotatable bonds is 4. The lowest BCUT2D eigenvalue weighted by atomic mass is 10.4. The molecule has 1 rings (SSSR count). The minimum Gasteiger partial charge on any atom is -0.454 e. The standard InChI is InChI=1S/C10H13N5O2/c1-2-3-4-5-8(16)17-6-7-13-9(11)15-10(12)14-7/h2-5H,6H2,1H3,(H4,11,12,13,14,15)/b3-2+,5-4+. The molecule has 0 spiro atoms. The Kier molecular flexibility index (Phi) is 4.61. The van der Waals surface area contributed by atoms with Crippen LogP contribution >= 0.6 is 0 Å². The van der Waals surface area contributed by atoms with Gasteiger partial charge < -0.3 is 16.2 Å². The Morgan fingerprint density at radius 3 is 2.47 bits per heavy atom. The minimum absolute atomic E-state index is 0.00647. The second-order valence-electron chi connectivity index (χ2n) is 2.96. The third-order valence-electron chi connectivity index (χ3n) is 1.60. The van der Waals surface area contributed by atoms with Gasteiger partial charge in [0.2, 0.25) is 11.9 Å². The number of anilines is 2. The molecule has 1 aromatic heterocycles. The normalized spacial score (nSPS) is 11.1. The molecule has 0 saturated heterocycles. The molecule has 0 amide bonds. The summed E-state index contributed by atoms with van der Waals surface area (Å²) < 4.78 is 4.86. The zero-order valence-electron chi connectivity index (χ0n) is 9.33. The van der Waals surface area contributed by atoms with Crippen molar-refractivity contribution in [2.75, 3.05) is 11.5 Å². The highest BCUT2D eigenvalue weighted by molar-refractivity contribution is 5.82. The molecule has 0 aliphatic carbocycles. The predicted molar refractivity (Wildman–Crippen MR) is 62.4 cm³/mol. The van der Waals surface area contributed by atoms with Gasteiger partial charge >= 0.3 is 5.97 Å². The van der Waals surface area contributed by atoms with E-state index in [9.17, 15) is 4.79 Å². The van der Waals surface area contributed by atoms with Gasteiger partial charge in [-0.15, -0.1) is 0 Å². The van der Waals surface area contributed by atoms with Crippen molar-refractivity contribution in [3.05, 3.63) is 30.1 Å². The Morgan fingerprint density at radius 1 is 1.24 bits per heavy atom. The highest BCUT2D eigenvalue weighted by atomic mass is 16.5. The maximum atomic E-state index is 11.2. The molecule has 7 heteroatoms. The van der Waals surface area contributed by atoms with Gasteiger partial charge in [-0.05, 0) is 6.92 Å². The smallest absolute Gasteiger partial charge is 0.331 e. The quantitative estimate of drug-likeness (QED) is 0.435. The van der Waals surface area contributed by atoms with E-state index in [1.807, 2.05) is 6.92 Å². The van der Waals surface area contributed by atoms with Crippen LogP contribution in [0, 0.1) is 0 Å². The third-order valence-corrected chi connectivity index (χ3v) is 1.60. The maximum Gasteiger partial charge on any atom is 0.331 e. The Hall–Kier alpha value is -2.44. The zero-order valence-corrected chi connectivity index (χ0v) is 9.33. The van der Waals surface area contributed by atoms with E-state index >= 15 is 0 Å². The fourth-order valence-electron chi connectivity index (χ4n) is 0.950. The summed E-state index contributed by atoms with van der Waals surface area (Å²) in [6.07, 6.45) is 6.35. The average Bonchev–Trinajstić information content (AvgIpc) is 2.25. The van der Waals surface area contributed by atoms with E-state index in [2.05, 4.69) is 15.0 Å². The summed E-state index contributed by atoms with van der Waals surface area (Å²) >= 11 is 0. The highest BCUT2D eigenvalue weighted by Gasteiger charge is 2.04. The van der Waals surface area contributed by atoms with Crippen LogP contribution in [0.5, 0.6) is 0 Å². The van der Waals surface area contributed by atoms with Crippen LogP contribution < -0.4 is 11.5 Å². The number of nitrogen functional groups attached to an aromatic ring is 2. The molecular formula is C10H13N5O2. The molecule has 1 heterocycles. The second kappa shape index (κ2) is 6.21. The summed E-state index contributed by atoms with van der Waals surface area (Å²) in [5.74, 6) is -0.301. The number of hydrogen-bond acceptors (Lipinski definition) is 7. The van der Waals surface area contributed by atoms with Crippen LogP contribution in [-0.2, 0) is 16.1 Å². The number of ether oxygens (including phenoxy) is 1. The number of hydrogen-bond donors (Lipinski definition) is 2. The second-order valence-corrected chi connectivity index (χ2v) is 2.96. The van der Waals surface area contributed by atoms with Gasteiger partial charge in [-0.3, -0.25) is 0 Å². The first-order chi connectivity index (χ1) is 8.11. The molecule has 0 aromatic carbocycles. The van der Waals surface area contributed by atoms with Crippen LogP contribution in [0.1, 0.15) is 12.7 Å². The van der Waals surface area contributed by atoms with E-state index in [0.29, 0.717) is 0 Å². The van der Waals surface area contributed by atoms with Crippen LogP contribution in [-0.4, -0.2) is 20.9 Å². The van der Waals surface area contributed by atoms with Gasteiger partial charge in [0.25, 0.3) is 0 Å². The molecule has 0 radical (unpaired) electrons. The van der Waals surface area contributed by atoms with E-state index in [1.165, 1.54) is 6.08 Å². The van der Waals surface area contributed by atoms with Gasteiger partial charge in [0.05, 0.1) is 0 Å². The number of nitrogens with two attached hydrogens (primary N) is 2. The van der Waals surface area contributed by atoms with Gasteiger partial charge in [-0.25, -0.2) is 4.79 Å². The Bertz CT molecular complexity index is 436. The monoisotopic (exact) mass is 235 g/mol. The summed E-state index contributed by atoms with van der Waals surface area (Å²) in [5.41, 5.74) is 10.7. The molecular weight excluding hydrogens is 222 g/mol. The number of allylic oxidation sites excluding steroid dienone is 3. The first-order valence-corrected chi connectivity index (χ1v) is 4.84. The van der Waals surface area contributed by atoms with Crippen LogP contribution in [0.25, 0.3) is 0 Å². The Morgan fingerprint density at radius 2 is 1.88 bits per heavy atom. The summed E-state index contributed by atoms with van der Waals surface area (Å²) in [7, 11) is 0. The van der Waals surface area contributed by atoms with Crippen molar-refractivity contribution in [1.29, 1.82) is 0 Å². The molecule has 17 heavy (non-hydrogen) atoms. The van der Waals surface area contributed by atoms with Gasteiger partial charge in [0, 0.05) is 6.08 Å². The van der Waals surface area contributed by atoms with Crippen molar-refractivity contribution in [2.45, 2.75) is 13.5 Å². The first-order valence-electron chi connectivity index (χ1n) is 4.84. The number of carbonyl (C=O) groups excluding carboxylic acids is 1. The van der Waals surface area contributed by atoms with Crippen molar-refractivity contribution in [1.82, 2.24) is 15.0 Å².